The molecule has 7 heteroatoms. The first-order valence-corrected chi connectivity index (χ1v) is 11.6. The first-order chi connectivity index (χ1) is 14.6. The molecule has 1 aliphatic rings. The highest BCUT2D eigenvalue weighted by Crippen LogP contribution is 2.46. The van der Waals surface area contributed by atoms with Crippen molar-refractivity contribution >= 4 is 27.3 Å². The van der Waals surface area contributed by atoms with E-state index in [1.807, 2.05) is 45.5 Å². The highest BCUT2D eigenvalue weighted by Gasteiger charge is 2.33. The molecule has 0 bridgehead atoms. The zero-order chi connectivity index (χ0) is 22.5. The molecular weight excluding hydrogens is 410 g/mol. The molecule has 0 N–H and O–H groups in total. The van der Waals surface area contributed by atoms with Gasteiger partial charge in [0.25, 0.3) is 0 Å². The number of ether oxygens (including phenoxy) is 2. The molecule has 0 aromatic carbocycles. The van der Waals surface area contributed by atoms with E-state index in [4.69, 9.17) is 14.5 Å². The van der Waals surface area contributed by atoms with E-state index >= 15 is 0 Å². The van der Waals surface area contributed by atoms with Crippen LogP contribution in [0.5, 0.6) is 5.88 Å². The summed E-state index contributed by atoms with van der Waals surface area (Å²) in [6, 6.07) is 1.94. The smallest absolute Gasteiger partial charge is 0.233 e. The van der Waals surface area contributed by atoms with Gasteiger partial charge in [0.05, 0.1) is 18.4 Å². The first-order valence-electron chi connectivity index (χ1n) is 10.8. The number of aromatic nitrogens is 3. The number of pyridine rings is 1. The van der Waals surface area contributed by atoms with E-state index in [1.165, 1.54) is 23.3 Å². The number of ketones is 1. The molecule has 0 amide bonds. The van der Waals surface area contributed by atoms with Crippen LogP contribution in [-0.2, 0) is 29.4 Å². The monoisotopic (exact) mass is 441 g/mol. The van der Waals surface area contributed by atoms with Crippen molar-refractivity contribution in [1.29, 1.82) is 0 Å². The number of carbonyl (C=O) groups is 1. The number of thiophene rings is 1. The highest BCUT2D eigenvalue weighted by atomic mass is 32.1. The van der Waals surface area contributed by atoms with Crippen LogP contribution in [0.2, 0.25) is 0 Å². The fourth-order valence-electron chi connectivity index (χ4n) is 4.48. The molecule has 6 nitrogen and oxygen atoms in total. The van der Waals surface area contributed by atoms with Crippen LogP contribution in [0.4, 0.5) is 0 Å². The van der Waals surface area contributed by atoms with Crippen molar-refractivity contribution in [2.45, 2.75) is 72.0 Å². The number of aryl methyl sites for hydroxylation is 4. The summed E-state index contributed by atoms with van der Waals surface area (Å²) in [7, 11) is 3.53. The van der Waals surface area contributed by atoms with E-state index in [9.17, 15) is 4.79 Å². The van der Waals surface area contributed by atoms with Gasteiger partial charge in [0, 0.05) is 40.2 Å². The third-order valence-corrected chi connectivity index (χ3v) is 6.94. The Kier molecular flexibility index (Phi) is 5.68. The molecule has 0 saturated heterocycles. The second-order valence-electron chi connectivity index (χ2n) is 9.29. The molecule has 31 heavy (non-hydrogen) atoms. The summed E-state index contributed by atoms with van der Waals surface area (Å²) in [5, 5.41) is 5.66. The predicted molar refractivity (Wildman–Crippen MR) is 124 cm³/mol. The number of nitrogens with zero attached hydrogens (tertiary/aromatic N) is 3. The van der Waals surface area contributed by atoms with Gasteiger partial charge in [-0.15, -0.1) is 16.4 Å². The molecule has 0 radical (unpaired) electrons. The average Bonchev–Trinajstić information content (AvgIpc) is 3.24. The zero-order valence-corrected chi connectivity index (χ0v) is 20.3. The summed E-state index contributed by atoms with van der Waals surface area (Å²) in [6.07, 6.45) is 3.81. The van der Waals surface area contributed by atoms with Crippen molar-refractivity contribution in [3.63, 3.8) is 0 Å². The third-order valence-electron chi connectivity index (χ3n) is 5.76. The van der Waals surface area contributed by atoms with Gasteiger partial charge in [-0.25, -0.2) is 4.98 Å². The lowest BCUT2D eigenvalue weighted by atomic mass is 9.89. The quantitative estimate of drug-likeness (QED) is 0.535. The Hall–Kier alpha value is -2.25. The largest absolute Gasteiger partial charge is 0.480 e. The molecule has 0 aliphatic heterocycles. The van der Waals surface area contributed by atoms with Crippen LogP contribution >= 0.6 is 11.3 Å². The molecule has 3 aromatic heterocycles. The minimum atomic E-state index is -0.702. The van der Waals surface area contributed by atoms with Crippen LogP contribution in [0.25, 0.3) is 21.5 Å². The average molecular weight is 442 g/mol. The van der Waals surface area contributed by atoms with Crippen LogP contribution in [0.1, 0.15) is 68.3 Å². The van der Waals surface area contributed by atoms with Gasteiger partial charge in [0.2, 0.25) is 5.88 Å². The number of fused-ring (bicyclic) bond motifs is 3. The Bertz CT molecular complexity index is 1150. The molecular formula is C24H31N3O3S. The molecule has 166 valence electrons. The zero-order valence-electron chi connectivity index (χ0n) is 19.5. The molecule has 0 fully saturated rings. The molecule has 3 heterocycles. The number of hydrogen-bond donors (Lipinski definition) is 0. The summed E-state index contributed by atoms with van der Waals surface area (Å²) >= 11 is 1.79. The van der Waals surface area contributed by atoms with E-state index in [1.54, 1.807) is 25.4 Å². The van der Waals surface area contributed by atoms with Gasteiger partial charge in [0.1, 0.15) is 10.9 Å². The van der Waals surface area contributed by atoms with Gasteiger partial charge in [-0.05, 0) is 65.9 Å². The molecule has 0 saturated carbocycles. The van der Waals surface area contributed by atoms with E-state index in [0.29, 0.717) is 5.88 Å². The number of hydrogen-bond acceptors (Lipinski definition) is 6. The predicted octanol–water partition coefficient (Wildman–Crippen LogP) is 5.34. The van der Waals surface area contributed by atoms with E-state index in [0.717, 1.165) is 45.6 Å². The van der Waals surface area contributed by atoms with Crippen molar-refractivity contribution < 1.29 is 14.3 Å². The minimum absolute atomic E-state index is 0.0290. The topological polar surface area (TPSA) is 66.2 Å². The van der Waals surface area contributed by atoms with Crippen LogP contribution in [0.15, 0.2) is 6.07 Å². The van der Waals surface area contributed by atoms with Gasteiger partial charge in [-0.3, -0.25) is 9.48 Å². The Balaban J connectivity index is 2.10. The van der Waals surface area contributed by atoms with Crippen LogP contribution in [0.3, 0.4) is 0 Å². The summed E-state index contributed by atoms with van der Waals surface area (Å²) < 4.78 is 13.6. The maximum atomic E-state index is 12.9. The van der Waals surface area contributed by atoms with E-state index in [-0.39, 0.29) is 5.78 Å². The molecule has 1 atom stereocenters. The fraction of sp³-hybridized carbons (Fsp3) is 0.542. The van der Waals surface area contributed by atoms with Crippen molar-refractivity contribution in [3.05, 3.63) is 27.8 Å². The maximum Gasteiger partial charge on any atom is 0.233 e. The lowest BCUT2D eigenvalue weighted by molar-refractivity contribution is -0.138. The number of methoxy groups -OCH3 is 1. The Labute approximate surface area is 187 Å². The SMILES string of the molecule is COc1cc(-c2c([C@H](OC(C)(C)C)C(C)=O)c(C)nc3sc4c(c23)CCCC4)n(C)n1. The van der Waals surface area contributed by atoms with Crippen LogP contribution in [-0.4, -0.2) is 33.3 Å². The van der Waals surface area contributed by atoms with Crippen LogP contribution in [0, 0.1) is 6.92 Å². The van der Waals surface area contributed by atoms with Crippen molar-refractivity contribution in [2.75, 3.05) is 7.11 Å². The van der Waals surface area contributed by atoms with Gasteiger partial charge in [-0.2, -0.15) is 0 Å². The van der Waals surface area contributed by atoms with E-state index in [2.05, 4.69) is 5.10 Å². The number of Topliss-reactive ketones (excluding diaryl/α,β-unsaturated/α-hetero) is 1. The molecule has 1 aliphatic carbocycles. The minimum Gasteiger partial charge on any atom is -0.480 e. The molecule has 3 aromatic rings. The Morgan fingerprint density at radius 3 is 2.58 bits per heavy atom. The van der Waals surface area contributed by atoms with Gasteiger partial charge >= 0.3 is 0 Å². The highest BCUT2D eigenvalue weighted by molar-refractivity contribution is 7.19. The van der Waals surface area contributed by atoms with Gasteiger partial charge in [-0.1, -0.05) is 0 Å². The Morgan fingerprint density at radius 2 is 1.97 bits per heavy atom. The fourth-order valence-corrected chi connectivity index (χ4v) is 5.79. The summed E-state index contributed by atoms with van der Waals surface area (Å²) in [5.41, 5.74) is 4.47. The summed E-state index contributed by atoms with van der Waals surface area (Å²) in [5.74, 6) is 0.518. The second kappa shape index (κ2) is 8.02. The summed E-state index contributed by atoms with van der Waals surface area (Å²) in [4.78, 5) is 20.3. The summed E-state index contributed by atoms with van der Waals surface area (Å²) in [6.45, 7) is 9.50. The van der Waals surface area contributed by atoms with Crippen molar-refractivity contribution in [3.8, 4) is 17.1 Å². The van der Waals surface area contributed by atoms with Gasteiger partial charge < -0.3 is 9.47 Å². The number of rotatable bonds is 5. The molecule has 0 unspecified atom stereocenters. The Morgan fingerprint density at radius 1 is 1.26 bits per heavy atom. The standard InChI is InChI=1S/C24H31N3O3S/c1-13-19(22(14(2)28)30-24(3,4)5)21(16-12-18(29-7)26-27(16)6)20-15-10-8-9-11-17(15)31-23(20)25-13/h12,22H,8-11H2,1-7H3/t22-/m1/s1. The first kappa shape index (κ1) is 22.0. The molecule has 4 rings (SSSR count). The van der Waals surface area contributed by atoms with Crippen LogP contribution < -0.4 is 4.74 Å². The number of carbonyl (C=O) groups excluding carboxylic acids is 1. The van der Waals surface area contributed by atoms with Crippen molar-refractivity contribution in [2.24, 2.45) is 7.05 Å². The second-order valence-corrected chi connectivity index (χ2v) is 10.4. The lowest BCUT2D eigenvalue weighted by Crippen LogP contribution is -2.27. The van der Waals surface area contributed by atoms with Gasteiger partial charge in [0.15, 0.2) is 5.78 Å². The normalized spacial score (nSPS) is 15.2. The third kappa shape index (κ3) is 4.01. The molecule has 0 spiro atoms. The van der Waals surface area contributed by atoms with E-state index < -0.39 is 11.7 Å². The van der Waals surface area contributed by atoms with Crippen molar-refractivity contribution in [1.82, 2.24) is 14.8 Å². The maximum absolute atomic E-state index is 12.9. The lowest BCUT2D eigenvalue weighted by Gasteiger charge is -2.29.